The molecule has 1 saturated carbocycles. The van der Waals surface area contributed by atoms with Gasteiger partial charge in [0.15, 0.2) is 0 Å². The summed E-state index contributed by atoms with van der Waals surface area (Å²) < 4.78 is 0. The molecule has 1 rings (SSSR count). The molecule has 1 radical (unpaired) electrons. The monoisotopic (exact) mass is 320 g/mol. The summed E-state index contributed by atoms with van der Waals surface area (Å²) in [5.41, 5.74) is 1.26. The molecule has 0 N–H and O–H groups in total. The molecule has 0 aromatic rings. The summed E-state index contributed by atoms with van der Waals surface area (Å²) in [6, 6.07) is 0. The molecule has 0 spiro atoms. The molecular formula is C15H21NOY-2. The number of allylic oxidation sites excluding steroid dienone is 2. The maximum Gasteiger partial charge on any atom is 0.215 e. The van der Waals surface area contributed by atoms with Crippen LogP contribution in [0.2, 0.25) is 0 Å². The van der Waals surface area contributed by atoms with Crippen LogP contribution in [-0.4, -0.2) is 17.4 Å². The Morgan fingerprint density at radius 3 is 2.83 bits per heavy atom. The Morgan fingerprint density at radius 1 is 1.56 bits per heavy atom. The van der Waals surface area contributed by atoms with Crippen molar-refractivity contribution in [2.24, 2.45) is 5.92 Å². The number of nitrogens with zero attached hydrogens (tertiary/aromatic N) is 1. The first kappa shape index (κ1) is 17.7. The fraction of sp³-hybridized carbons (Fsp3) is 0.400. The van der Waals surface area contributed by atoms with Gasteiger partial charge in [-0.05, 0) is 25.7 Å². The van der Waals surface area contributed by atoms with Crippen molar-refractivity contribution in [3.63, 3.8) is 0 Å². The molecule has 0 aromatic carbocycles. The average molecular weight is 320 g/mol. The molecular weight excluding hydrogens is 299 g/mol. The van der Waals surface area contributed by atoms with Crippen LogP contribution in [0, 0.1) is 19.4 Å². The molecule has 0 aromatic heterocycles. The summed E-state index contributed by atoms with van der Waals surface area (Å²) in [5.74, 6) is 0.181. The normalized spacial score (nSPS) is 20.1. The standard InChI is InChI=1S/C15H21NO.Y/c1-4-7-9-13-10-8-11-14(13)15(17)16(6-3)12-5-2;/h4-5,9,12,14H,1-3,6-8,10-11H2;/q-2;/b13-9+;/t14-;/m0./s1. The van der Waals surface area contributed by atoms with Gasteiger partial charge in [0, 0.05) is 32.7 Å². The van der Waals surface area contributed by atoms with Gasteiger partial charge in [-0.3, -0.25) is 4.79 Å². The van der Waals surface area contributed by atoms with Gasteiger partial charge in [-0.1, -0.05) is 17.7 Å². The van der Waals surface area contributed by atoms with Gasteiger partial charge in [0.05, 0.1) is 5.92 Å². The van der Waals surface area contributed by atoms with E-state index >= 15 is 0 Å². The third-order valence-electron chi connectivity index (χ3n) is 3.06. The molecule has 1 aliphatic rings. The topological polar surface area (TPSA) is 20.3 Å². The first-order valence-electron chi connectivity index (χ1n) is 6.10. The minimum absolute atomic E-state index is 0. The molecule has 0 heterocycles. The first-order chi connectivity index (χ1) is 8.24. The number of carbonyl (C=O) groups excluding carboxylic acids is 1. The molecule has 0 unspecified atom stereocenters. The zero-order valence-electron chi connectivity index (χ0n) is 11.0. The van der Waals surface area contributed by atoms with E-state index in [1.54, 1.807) is 17.5 Å². The molecule has 2 nitrogen and oxygen atoms in total. The van der Waals surface area contributed by atoms with Crippen molar-refractivity contribution in [2.75, 3.05) is 6.54 Å². The van der Waals surface area contributed by atoms with E-state index in [4.69, 9.17) is 0 Å². The zero-order chi connectivity index (χ0) is 12.7. The quantitative estimate of drug-likeness (QED) is 0.543. The maximum atomic E-state index is 12.3. The molecule has 1 atom stereocenters. The van der Waals surface area contributed by atoms with Crippen molar-refractivity contribution in [1.29, 1.82) is 0 Å². The van der Waals surface area contributed by atoms with E-state index in [9.17, 15) is 4.79 Å². The predicted molar refractivity (Wildman–Crippen MR) is 71.8 cm³/mol. The van der Waals surface area contributed by atoms with Crippen LogP contribution in [0.3, 0.4) is 0 Å². The second kappa shape index (κ2) is 9.58. The Labute approximate surface area is 136 Å². The Hall–Kier alpha value is -0.336. The minimum atomic E-state index is 0. The van der Waals surface area contributed by atoms with E-state index in [1.165, 1.54) is 5.57 Å². The SMILES string of the molecule is C=C[CH-]N(C[CH2-])C(=O)[C@H]1CCC/C1=C\CC=C.[Y]. The van der Waals surface area contributed by atoms with Crippen LogP contribution in [0.5, 0.6) is 0 Å². The van der Waals surface area contributed by atoms with Crippen molar-refractivity contribution >= 4 is 5.91 Å². The van der Waals surface area contributed by atoms with Gasteiger partial charge in [-0.25, -0.2) is 12.7 Å². The van der Waals surface area contributed by atoms with Crippen LogP contribution in [0.4, 0.5) is 0 Å². The molecule has 97 valence electrons. The van der Waals surface area contributed by atoms with Crippen LogP contribution in [-0.2, 0) is 37.5 Å². The van der Waals surface area contributed by atoms with Crippen LogP contribution in [0.15, 0.2) is 37.0 Å². The van der Waals surface area contributed by atoms with E-state index in [0.29, 0.717) is 6.54 Å². The fourth-order valence-electron chi connectivity index (χ4n) is 2.22. The van der Waals surface area contributed by atoms with E-state index < -0.39 is 0 Å². The van der Waals surface area contributed by atoms with Gasteiger partial charge in [-0.15, -0.1) is 19.7 Å². The summed E-state index contributed by atoms with van der Waals surface area (Å²) in [4.78, 5) is 13.9. The predicted octanol–water partition coefficient (Wildman–Crippen LogP) is 3.30. The van der Waals surface area contributed by atoms with E-state index in [0.717, 1.165) is 25.7 Å². The Balaban J connectivity index is 0.00000289. The fourth-order valence-corrected chi connectivity index (χ4v) is 2.22. The van der Waals surface area contributed by atoms with Gasteiger partial charge < -0.3 is 11.8 Å². The van der Waals surface area contributed by atoms with Crippen LogP contribution >= 0.6 is 0 Å². The molecule has 0 saturated heterocycles. The summed E-state index contributed by atoms with van der Waals surface area (Å²) >= 11 is 0. The van der Waals surface area contributed by atoms with Crippen molar-refractivity contribution in [3.8, 4) is 0 Å². The first-order valence-corrected chi connectivity index (χ1v) is 6.10. The summed E-state index contributed by atoms with van der Waals surface area (Å²) in [7, 11) is 0. The third kappa shape index (κ3) is 4.74. The molecule has 0 aliphatic heterocycles. The third-order valence-corrected chi connectivity index (χ3v) is 3.06. The number of carbonyl (C=O) groups is 1. The molecule has 0 bridgehead atoms. The molecule has 1 fully saturated rings. The number of amides is 1. The molecule has 1 aliphatic carbocycles. The van der Waals surface area contributed by atoms with Gasteiger partial charge in [0.25, 0.3) is 0 Å². The summed E-state index contributed by atoms with van der Waals surface area (Å²) in [6.07, 6.45) is 9.55. The Bertz CT molecular complexity index is 322. The van der Waals surface area contributed by atoms with E-state index in [2.05, 4.69) is 26.2 Å². The van der Waals surface area contributed by atoms with Crippen LogP contribution in [0.1, 0.15) is 25.7 Å². The Morgan fingerprint density at radius 2 is 2.28 bits per heavy atom. The zero-order valence-corrected chi connectivity index (χ0v) is 13.8. The number of hydrogen-bond donors (Lipinski definition) is 0. The molecule has 1 amide bonds. The van der Waals surface area contributed by atoms with Crippen molar-refractivity contribution < 1.29 is 37.5 Å². The van der Waals surface area contributed by atoms with Gasteiger partial charge in [0.2, 0.25) is 5.91 Å². The molecule has 18 heavy (non-hydrogen) atoms. The van der Waals surface area contributed by atoms with Crippen LogP contribution in [0.25, 0.3) is 0 Å². The average Bonchev–Trinajstić information content (AvgIpc) is 2.80. The van der Waals surface area contributed by atoms with Gasteiger partial charge >= 0.3 is 0 Å². The van der Waals surface area contributed by atoms with Crippen molar-refractivity contribution in [2.45, 2.75) is 25.7 Å². The second-order valence-electron chi connectivity index (χ2n) is 4.16. The van der Waals surface area contributed by atoms with Gasteiger partial charge in [-0.2, -0.15) is 0 Å². The number of rotatable bonds is 6. The van der Waals surface area contributed by atoms with Crippen molar-refractivity contribution in [1.82, 2.24) is 4.90 Å². The molecule has 3 heteroatoms. The minimum Gasteiger partial charge on any atom is -0.426 e. The van der Waals surface area contributed by atoms with E-state index in [-0.39, 0.29) is 44.5 Å². The summed E-state index contributed by atoms with van der Waals surface area (Å²) in [6.45, 7) is 13.3. The maximum absolute atomic E-state index is 12.3. The second-order valence-corrected chi connectivity index (χ2v) is 4.16. The number of hydrogen-bond acceptors (Lipinski definition) is 1. The van der Waals surface area contributed by atoms with Crippen LogP contribution < -0.4 is 0 Å². The Kier molecular flexibility index (Phi) is 9.40. The summed E-state index contributed by atoms with van der Waals surface area (Å²) in [5, 5.41) is 0. The smallest absolute Gasteiger partial charge is 0.215 e. The largest absolute Gasteiger partial charge is 0.426 e. The van der Waals surface area contributed by atoms with Gasteiger partial charge in [0.1, 0.15) is 0 Å². The van der Waals surface area contributed by atoms with E-state index in [1.807, 2.05) is 6.08 Å². The van der Waals surface area contributed by atoms with Crippen molar-refractivity contribution in [3.05, 3.63) is 50.4 Å².